The highest BCUT2D eigenvalue weighted by molar-refractivity contribution is 6.10. The summed E-state index contributed by atoms with van der Waals surface area (Å²) in [5.41, 5.74) is 7.83. The van der Waals surface area contributed by atoms with Crippen molar-refractivity contribution in [2.75, 3.05) is 7.05 Å². The van der Waals surface area contributed by atoms with Crippen molar-refractivity contribution in [3.8, 4) is 0 Å². The normalized spacial score (nSPS) is 12.5. The molecule has 0 aliphatic carbocycles. The minimum atomic E-state index is 0.472. The lowest BCUT2D eigenvalue weighted by atomic mass is 10.2. The standard InChI is InChI=1S/C15H15N3/c1-17-15(13-10-6-3-7-11-13)18-14(16)12-8-4-2-5-9-12/h2-11H,1H3,(H2,16,17,18). The molecular formula is C15H15N3. The predicted octanol–water partition coefficient (Wildman–Crippen LogP) is 2.47. The van der Waals surface area contributed by atoms with E-state index in [9.17, 15) is 0 Å². The van der Waals surface area contributed by atoms with Crippen molar-refractivity contribution < 1.29 is 0 Å². The van der Waals surface area contributed by atoms with Crippen molar-refractivity contribution in [1.82, 2.24) is 0 Å². The first-order valence-electron chi connectivity index (χ1n) is 5.73. The Balaban J connectivity index is 2.32. The summed E-state index contributed by atoms with van der Waals surface area (Å²) in [6, 6.07) is 19.5. The van der Waals surface area contributed by atoms with Crippen LogP contribution in [0.15, 0.2) is 70.6 Å². The van der Waals surface area contributed by atoms with E-state index in [1.165, 1.54) is 0 Å². The smallest absolute Gasteiger partial charge is 0.156 e. The molecule has 0 bridgehead atoms. The molecule has 2 aromatic rings. The molecule has 0 saturated carbocycles. The van der Waals surface area contributed by atoms with Gasteiger partial charge < -0.3 is 5.73 Å². The van der Waals surface area contributed by atoms with Crippen LogP contribution in [0.5, 0.6) is 0 Å². The monoisotopic (exact) mass is 237 g/mol. The molecule has 0 amide bonds. The van der Waals surface area contributed by atoms with Crippen LogP contribution in [-0.4, -0.2) is 18.7 Å². The van der Waals surface area contributed by atoms with Crippen molar-refractivity contribution in [1.29, 1.82) is 0 Å². The largest absolute Gasteiger partial charge is 0.383 e. The molecule has 3 heteroatoms. The molecule has 0 radical (unpaired) electrons. The van der Waals surface area contributed by atoms with Crippen LogP contribution in [-0.2, 0) is 0 Å². The molecule has 2 rings (SSSR count). The van der Waals surface area contributed by atoms with Crippen molar-refractivity contribution in [3.05, 3.63) is 71.8 Å². The number of aliphatic imine (C=N–C) groups is 2. The van der Waals surface area contributed by atoms with Gasteiger partial charge in [-0.25, -0.2) is 4.99 Å². The van der Waals surface area contributed by atoms with Crippen molar-refractivity contribution in [2.45, 2.75) is 0 Å². The third kappa shape index (κ3) is 2.83. The van der Waals surface area contributed by atoms with Crippen molar-refractivity contribution >= 4 is 11.7 Å². The zero-order chi connectivity index (χ0) is 12.8. The van der Waals surface area contributed by atoms with Gasteiger partial charge in [-0.3, -0.25) is 4.99 Å². The molecule has 0 atom stereocenters. The van der Waals surface area contributed by atoms with Crippen molar-refractivity contribution in [2.24, 2.45) is 15.7 Å². The zero-order valence-corrected chi connectivity index (χ0v) is 10.2. The van der Waals surface area contributed by atoms with Gasteiger partial charge in [0.25, 0.3) is 0 Å². The van der Waals surface area contributed by atoms with E-state index in [2.05, 4.69) is 9.98 Å². The SMILES string of the molecule is CN=C(N=C(N)c1ccccc1)c1ccccc1. The zero-order valence-electron chi connectivity index (χ0n) is 10.2. The number of amidine groups is 2. The van der Waals surface area contributed by atoms with Crippen LogP contribution >= 0.6 is 0 Å². The molecule has 90 valence electrons. The van der Waals surface area contributed by atoms with Crippen LogP contribution in [0.25, 0.3) is 0 Å². The molecule has 3 nitrogen and oxygen atoms in total. The third-order valence-electron chi connectivity index (χ3n) is 2.54. The molecular weight excluding hydrogens is 222 g/mol. The highest BCUT2D eigenvalue weighted by atomic mass is 14.9. The molecule has 0 unspecified atom stereocenters. The summed E-state index contributed by atoms with van der Waals surface area (Å²) in [5.74, 6) is 1.11. The van der Waals surface area contributed by atoms with E-state index in [4.69, 9.17) is 5.73 Å². The van der Waals surface area contributed by atoms with E-state index in [1.54, 1.807) is 7.05 Å². The first-order chi connectivity index (χ1) is 8.81. The van der Waals surface area contributed by atoms with Gasteiger partial charge in [-0.05, 0) is 0 Å². The number of rotatable bonds is 2. The molecule has 0 spiro atoms. The van der Waals surface area contributed by atoms with Gasteiger partial charge in [0, 0.05) is 18.2 Å². The Hall–Kier alpha value is -2.42. The second-order valence-corrected chi connectivity index (χ2v) is 3.78. The molecule has 0 saturated heterocycles. The lowest BCUT2D eigenvalue weighted by Gasteiger charge is -2.03. The maximum atomic E-state index is 5.98. The number of nitrogens with zero attached hydrogens (tertiary/aromatic N) is 2. The molecule has 0 fully saturated rings. The van der Waals surface area contributed by atoms with Crippen molar-refractivity contribution in [3.63, 3.8) is 0 Å². The van der Waals surface area contributed by atoms with E-state index in [1.807, 2.05) is 60.7 Å². The van der Waals surface area contributed by atoms with Gasteiger partial charge in [0.05, 0.1) is 0 Å². The second kappa shape index (κ2) is 5.77. The van der Waals surface area contributed by atoms with E-state index >= 15 is 0 Å². The first kappa shape index (κ1) is 12.0. The maximum absolute atomic E-state index is 5.98. The van der Waals surface area contributed by atoms with Crippen LogP contribution in [0.1, 0.15) is 11.1 Å². The van der Waals surface area contributed by atoms with E-state index in [0.717, 1.165) is 11.1 Å². The average molecular weight is 237 g/mol. The quantitative estimate of drug-likeness (QED) is 0.633. The summed E-state index contributed by atoms with van der Waals surface area (Å²) in [6.07, 6.45) is 0. The summed E-state index contributed by atoms with van der Waals surface area (Å²) >= 11 is 0. The Morgan fingerprint density at radius 3 is 1.83 bits per heavy atom. The number of hydrogen-bond acceptors (Lipinski definition) is 1. The summed E-state index contributed by atoms with van der Waals surface area (Å²) in [4.78, 5) is 8.55. The number of nitrogens with two attached hydrogens (primary N) is 1. The van der Waals surface area contributed by atoms with Gasteiger partial charge >= 0.3 is 0 Å². The van der Waals surface area contributed by atoms with Gasteiger partial charge in [-0.1, -0.05) is 60.7 Å². The summed E-state index contributed by atoms with van der Waals surface area (Å²) < 4.78 is 0. The molecule has 2 N–H and O–H groups in total. The molecule has 18 heavy (non-hydrogen) atoms. The third-order valence-corrected chi connectivity index (χ3v) is 2.54. The van der Waals surface area contributed by atoms with Gasteiger partial charge in [0.2, 0.25) is 0 Å². The van der Waals surface area contributed by atoms with Gasteiger partial charge in [-0.15, -0.1) is 0 Å². The lowest BCUT2D eigenvalue weighted by molar-refractivity contribution is 1.37. The minimum absolute atomic E-state index is 0.472. The Bertz CT molecular complexity index is 557. The van der Waals surface area contributed by atoms with Gasteiger partial charge in [0.15, 0.2) is 5.84 Å². The molecule has 0 heterocycles. The van der Waals surface area contributed by atoms with E-state index < -0.39 is 0 Å². The van der Waals surface area contributed by atoms with Crippen LogP contribution in [0.3, 0.4) is 0 Å². The van der Waals surface area contributed by atoms with Gasteiger partial charge in [0.1, 0.15) is 5.84 Å². The second-order valence-electron chi connectivity index (χ2n) is 3.78. The Morgan fingerprint density at radius 1 is 0.833 bits per heavy atom. The molecule has 0 aromatic heterocycles. The van der Waals surface area contributed by atoms with Crippen LogP contribution in [0.2, 0.25) is 0 Å². The highest BCUT2D eigenvalue weighted by Gasteiger charge is 2.02. The Labute approximate surface area is 107 Å². The van der Waals surface area contributed by atoms with Gasteiger partial charge in [-0.2, -0.15) is 0 Å². The minimum Gasteiger partial charge on any atom is -0.383 e. The fourth-order valence-electron chi connectivity index (χ4n) is 1.62. The highest BCUT2D eigenvalue weighted by Crippen LogP contribution is 2.04. The Morgan fingerprint density at radius 2 is 1.33 bits per heavy atom. The molecule has 0 aliphatic rings. The van der Waals surface area contributed by atoms with E-state index in [-0.39, 0.29) is 0 Å². The molecule has 2 aromatic carbocycles. The number of benzene rings is 2. The van der Waals surface area contributed by atoms with Crippen LogP contribution in [0, 0.1) is 0 Å². The summed E-state index contributed by atoms with van der Waals surface area (Å²) in [5, 5.41) is 0. The predicted molar refractivity (Wildman–Crippen MR) is 76.1 cm³/mol. The summed E-state index contributed by atoms with van der Waals surface area (Å²) in [6.45, 7) is 0. The lowest BCUT2D eigenvalue weighted by Crippen LogP contribution is -2.16. The maximum Gasteiger partial charge on any atom is 0.156 e. The first-order valence-corrected chi connectivity index (χ1v) is 5.73. The average Bonchev–Trinajstić information content (AvgIpc) is 2.46. The van der Waals surface area contributed by atoms with E-state index in [0.29, 0.717) is 11.7 Å². The number of hydrogen-bond donors (Lipinski definition) is 1. The summed E-state index contributed by atoms with van der Waals surface area (Å²) in [7, 11) is 1.71. The molecule has 0 aliphatic heterocycles. The topological polar surface area (TPSA) is 50.7 Å². The van der Waals surface area contributed by atoms with Crippen LogP contribution < -0.4 is 5.73 Å². The fourth-order valence-corrected chi connectivity index (χ4v) is 1.62. The fraction of sp³-hybridized carbons (Fsp3) is 0.0667. The Kier molecular flexibility index (Phi) is 3.86. The van der Waals surface area contributed by atoms with Crippen LogP contribution in [0.4, 0.5) is 0 Å².